The van der Waals surface area contributed by atoms with E-state index < -0.39 is 6.17 Å². The van der Waals surface area contributed by atoms with Crippen LogP contribution in [0.1, 0.15) is 0 Å². The van der Waals surface area contributed by atoms with Gasteiger partial charge in [0.15, 0.2) is 0 Å². The predicted octanol–water partition coefficient (Wildman–Crippen LogP) is 1.68. The van der Waals surface area contributed by atoms with E-state index in [2.05, 4.69) is 22.3 Å². The Morgan fingerprint density at radius 3 is 2.31 bits per heavy atom. The Morgan fingerprint density at radius 2 is 1.69 bits per heavy atom. The van der Waals surface area contributed by atoms with E-state index >= 15 is 0 Å². The number of hydrogen-bond acceptors (Lipinski definition) is 2. The molecule has 3 rings (SSSR count). The van der Waals surface area contributed by atoms with E-state index in [4.69, 9.17) is 0 Å². The number of rotatable bonds is 1. The standard InChI is InChI=1S/C13H17FN2/c14-13-10-6-15-7-11(13)9-16(8-10)12-4-2-1-3-5-12/h1-5,10-11,13,15H,6-9H2. The maximum absolute atomic E-state index is 13.9. The molecule has 2 fully saturated rings. The van der Waals surface area contributed by atoms with Crippen molar-refractivity contribution in [3.8, 4) is 0 Å². The Balaban J connectivity index is 1.80. The van der Waals surface area contributed by atoms with E-state index in [1.165, 1.54) is 5.69 Å². The lowest BCUT2D eigenvalue weighted by atomic mass is 9.83. The molecule has 0 spiro atoms. The van der Waals surface area contributed by atoms with Crippen molar-refractivity contribution in [1.82, 2.24) is 5.32 Å². The number of nitrogens with zero attached hydrogens (tertiary/aromatic N) is 1. The van der Waals surface area contributed by atoms with Crippen LogP contribution in [-0.2, 0) is 0 Å². The van der Waals surface area contributed by atoms with Crippen molar-refractivity contribution < 1.29 is 4.39 Å². The fraction of sp³-hybridized carbons (Fsp3) is 0.538. The number of halogens is 1. The first-order chi connectivity index (χ1) is 7.84. The van der Waals surface area contributed by atoms with Crippen LogP contribution in [-0.4, -0.2) is 32.4 Å². The smallest absolute Gasteiger partial charge is 0.112 e. The molecule has 0 amide bonds. The van der Waals surface area contributed by atoms with E-state index in [0.29, 0.717) is 0 Å². The number of benzene rings is 1. The number of alkyl halides is 1. The van der Waals surface area contributed by atoms with Gasteiger partial charge < -0.3 is 10.2 Å². The second-order valence-corrected chi connectivity index (χ2v) is 4.86. The molecule has 1 N–H and O–H groups in total. The Hall–Kier alpha value is -1.09. The summed E-state index contributed by atoms with van der Waals surface area (Å²) in [5, 5.41) is 3.32. The second-order valence-electron chi connectivity index (χ2n) is 4.86. The minimum Gasteiger partial charge on any atom is -0.371 e. The van der Waals surface area contributed by atoms with Crippen molar-refractivity contribution >= 4 is 5.69 Å². The Bertz CT molecular complexity index is 340. The fourth-order valence-corrected chi connectivity index (χ4v) is 2.89. The van der Waals surface area contributed by atoms with Crippen molar-refractivity contribution in [3.05, 3.63) is 30.3 Å². The van der Waals surface area contributed by atoms with E-state index in [9.17, 15) is 4.39 Å². The molecule has 0 aliphatic carbocycles. The van der Waals surface area contributed by atoms with Crippen molar-refractivity contribution in [3.63, 3.8) is 0 Å². The largest absolute Gasteiger partial charge is 0.371 e. The molecule has 2 saturated heterocycles. The molecule has 86 valence electrons. The highest BCUT2D eigenvalue weighted by Crippen LogP contribution is 2.30. The van der Waals surface area contributed by atoms with Crippen molar-refractivity contribution in [2.45, 2.75) is 6.17 Å². The third kappa shape index (κ3) is 1.69. The number of piperidine rings is 2. The summed E-state index contributed by atoms with van der Waals surface area (Å²) < 4.78 is 13.9. The SMILES string of the molecule is FC1C2CNCC1CN(c1ccccc1)C2. The highest BCUT2D eigenvalue weighted by atomic mass is 19.1. The summed E-state index contributed by atoms with van der Waals surface area (Å²) >= 11 is 0. The third-order valence-electron chi connectivity index (χ3n) is 3.74. The lowest BCUT2D eigenvalue weighted by Crippen LogP contribution is -2.57. The van der Waals surface area contributed by atoms with Crippen LogP contribution >= 0.6 is 0 Å². The highest BCUT2D eigenvalue weighted by molar-refractivity contribution is 5.46. The Morgan fingerprint density at radius 1 is 1.06 bits per heavy atom. The van der Waals surface area contributed by atoms with Gasteiger partial charge in [-0.3, -0.25) is 0 Å². The van der Waals surface area contributed by atoms with Gasteiger partial charge in [0.05, 0.1) is 0 Å². The van der Waals surface area contributed by atoms with Crippen LogP contribution in [0, 0.1) is 11.8 Å². The molecular formula is C13H17FN2. The molecule has 0 radical (unpaired) electrons. The quantitative estimate of drug-likeness (QED) is 0.774. The lowest BCUT2D eigenvalue weighted by molar-refractivity contribution is 0.0937. The van der Waals surface area contributed by atoms with Gasteiger partial charge in [-0.1, -0.05) is 18.2 Å². The van der Waals surface area contributed by atoms with Crippen molar-refractivity contribution in [1.29, 1.82) is 0 Å². The predicted molar refractivity (Wildman–Crippen MR) is 63.4 cm³/mol. The molecule has 0 saturated carbocycles. The monoisotopic (exact) mass is 220 g/mol. The molecule has 2 heterocycles. The van der Waals surface area contributed by atoms with Gasteiger partial charge in [0, 0.05) is 43.7 Å². The molecule has 1 aromatic rings. The van der Waals surface area contributed by atoms with Crippen LogP contribution in [0.4, 0.5) is 10.1 Å². The van der Waals surface area contributed by atoms with Crippen molar-refractivity contribution in [2.24, 2.45) is 11.8 Å². The normalized spacial score (nSPS) is 33.8. The van der Waals surface area contributed by atoms with E-state index in [1.807, 2.05) is 18.2 Å². The minimum absolute atomic E-state index is 0.160. The van der Waals surface area contributed by atoms with Crippen LogP contribution in [0.3, 0.4) is 0 Å². The van der Waals surface area contributed by atoms with Gasteiger partial charge in [0.25, 0.3) is 0 Å². The molecule has 0 aromatic heterocycles. The average Bonchev–Trinajstić information content (AvgIpc) is 2.30. The zero-order chi connectivity index (χ0) is 11.0. The minimum atomic E-state index is -0.610. The number of nitrogens with one attached hydrogen (secondary N) is 1. The summed E-state index contributed by atoms with van der Waals surface area (Å²) in [6.07, 6.45) is -0.610. The summed E-state index contributed by atoms with van der Waals surface area (Å²) in [7, 11) is 0. The first-order valence-electron chi connectivity index (χ1n) is 5.99. The van der Waals surface area contributed by atoms with Crippen LogP contribution < -0.4 is 10.2 Å². The van der Waals surface area contributed by atoms with Crippen LogP contribution in [0.25, 0.3) is 0 Å². The number of fused-ring (bicyclic) bond motifs is 2. The molecule has 2 atom stereocenters. The van der Waals surface area contributed by atoms with Gasteiger partial charge in [-0.15, -0.1) is 0 Å². The Kier molecular flexibility index (Phi) is 2.56. The molecule has 2 bridgehead atoms. The van der Waals surface area contributed by atoms with Crippen LogP contribution in [0.2, 0.25) is 0 Å². The molecule has 2 aliphatic heterocycles. The maximum Gasteiger partial charge on any atom is 0.112 e. The summed E-state index contributed by atoms with van der Waals surface area (Å²) in [6, 6.07) is 10.3. The zero-order valence-corrected chi connectivity index (χ0v) is 9.27. The fourth-order valence-electron chi connectivity index (χ4n) is 2.89. The summed E-state index contributed by atoms with van der Waals surface area (Å²) in [6.45, 7) is 3.32. The Labute approximate surface area is 95.4 Å². The third-order valence-corrected chi connectivity index (χ3v) is 3.74. The topological polar surface area (TPSA) is 15.3 Å². The molecule has 2 unspecified atom stereocenters. The van der Waals surface area contributed by atoms with Crippen molar-refractivity contribution in [2.75, 3.05) is 31.1 Å². The van der Waals surface area contributed by atoms with Gasteiger partial charge >= 0.3 is 0 Å². The van der Waals surface area contributed by atoms with E-state index in [-0.39, 0.29) is 11.8 Å². The molecule has 2 nitrogen and oxygen atoms in total. The number of anilines is 1. The molecule has 2 aliphatic rings. The maximum atomic E-state index is 13.9. The lowest BCUT2D eigenvalue weighted by Gasteiger charge is -2.45. The zero-order valence-electron chi connectivity index (χ0n) is 9.27. The first-order valence-corrected chi connectivity index (χ1v) is 5.99. The summed E-state index contributed by atoms with van der Waals surface area (Å²) in [5.41, 5.74) is 1.23. The first kappa shape index (κ1) is 10.1. The molecular weight excluding hydrogens is 203 g/mol. The highest BCUT2D eigenvalue weighted by Gasteiger charge is 2.39. The average molecular weight is 220 g/mol. The number of para-hydroxylation sites is 1. The molecule has 16 heavy (non-hydrogen) atoms. The molecule has 1 aromatic carbocycles. The van der Waals surface area contributed by atoms with Gasteiger partial charge in [0.1, 0.15) is 6.17 Å². The summed E-state index contributed by atoms with van der Waals surface area (Å²) in [5.74, 6) is 0.320. The van der Waals surface area contributed by atoms with Gasteiger partial charge in [0.2, 0.25) is 0 Å². The van der Waals surface area contributed by atoms with Gasteiger partial charge in [-0.2, -0.15) is 0 Å². The molecule has 3 heteroatoms. The van der Waals surface area contributed by atoms with E-state index in [0.717, 1.165) is 26.2 Å². The van der Waals surface area contributed by atoms with E-state index in [1.54, 1.807) is 0 Å². The summed E-state index contributed by atoms with van der Waals surface area (Å²) in [4.78, 5) is 2.33. The number of hydrogen-bond donors (Lipinski definition) is 1. The van der Waals surface area contributed by atoms with Gasteiger partial charge in [-0.25, -0.2) is 4.39 Å². The second kappa shape index (κ2) is 4.06. The van der Waals surface area contributed by atoms with Crippen LogP contribution in [0.15, 0.2) is 30.3 Å². The van der Waals surface area contributed by atoms with Gasteiger partial charge in [-0.05, 0) is 12.1 Å². The van der Waals surface area contributed by atoms with Crippen LogP contribution in [0.5, 0.6) is 0 Å².